The maximum atomic E-state index is 4.54. The van der Waals surface area contributed by atoms with Gasteiger partial charge in [-0.25, -0.2) is 9.97 Å². The van der Waals surface area contributed by atoms with Gasteiger partial charge in [-0.3, -0.25) is 0 Å². The Hall–Kier alpha value is -2.77. The zero-order valence-corrected chi connectivity index (χ0v) is 13.8. The molecule has 1 N–H and O–H groups in total. The van der Waals surface area contributed by atoms with Crippen LogP contribution in [-0.4, -0.2) is 43.9 Å². The predicted molar refractivity (Wildman–Crippen MR) is 88.6 cm³/mol. The first-order valence-corrected chi connectivity index (χ1v) is 7.54. The molecule has 0 radical (unpaired) electrons. The quantitative estimate of drug-likeness (QED) is 0.763. The Morgan fingerprint density at radius 2 is 2.00 bits per heavy atom. The van der Waals surface area contributed by atoms with Crippen molar-refractivity contribution in [3.63, 3.8) is 0 Å². The molecule has 0 bridgehead atoms. The maximum Gasteiger partial charge on any atom is 0.223 e. The van der Waals surface area contributed by atoms with Crippen LogP contribution in [0.4, 0.5) is 11.8 Å². The second-order valence-electron chi connectivity index (χ2n) is 5.50. The summed E-state index contributed by atoms with van der Waals surface area (Å²) < 4.78 is 1.73. The lowest BCUT2D eigenvalue weighted by Crippen LogP contribution is -2.14. The third-order valence-electron chi connectivity index (χ3n) is 3.45. The molecule has 0 aromatic carbocycles. The van der Waals surface area contributed by atoms with E-state index in [0.29, 0.717) is 24.0 Å². The van der Waals surface area contributed by atoms with E-state index in [1.54, 1.807) is 4.52 Å². The van der Waals surface area contributed by atoms with Crippen molar-refractivity contribution in [1.82, 2.24) is 29.8 Å². The predicted octanol–water partition coefficient (Wildman–Crippen LogP) is 1.46. The molecule has 3 aromatic rings. The van der Waals surface area contributed by atoms with Crippen LogP contribution in [0, 0.1) is 6.92 Å². The van der Waals surface area contributed by atoms with E-state index >= 15 is 0 Å². The summed E-state index contributed by atoms with van der Waals surface area (Å²) in [7, 11) is 3.90. The van der Waals surface area contributed by atoms with Crippen LogP contribution in [0.25, 0.3) is 5.65 Å². The van der Waals surface area contributed by atoms with Crippen LogP contribution in [0.1, 0.15) is 24.1 Å². The number of aryl methyl sites for hydroxylation is 2. The highest BCUT2D eigenvalue weighted by Gasteiger charge is 2.09. The first-order chi connectivity index (χ1) is 11.1. The van der Waals surface area contributed by atoms with Crippen LogP contribution in [-0.2, 0) is 13.0 Å². The summed E-state index contributed by atoms with van der Waals surface area (Å²) in [5.41, 5.74) is 2.67. The van der Waals surface area contributed by atoms with E-state index in [0.717, 1.165) is 23.6 Å². The van der Waals surface area contributed by atoms with Gasteiger partial charge in [0.25, 0.3) is 0 Å². The van der Waals surface area contributed by atoms with Crippen molar-refractivity contribution in [3.8, 4) is 0 Å². The van der Waals surface area contributed by atoms with E-state index in [2.05, 4.69) is 37.5 Å². The number of hydrogen-bond donors (Lipinski definition) is 1. The molecule has 0 saturated carbocycles. The highest BCUT2D eigenvalue weighted by molar-refractivity contribution is 5.45. The molecule has 0 spiro atoms. The Balaban J connectivity index is 1.84. The highest BCUT2D eigenvalue weighted by atomic mass is 15.4. The number of nitrogens with zero attached hydrogens (tertiary/aromatic N) is 7. The van der Waals surface area contributed by atoms with Crippen molar-refractivity contribution in [3.05, 3.63) is 35.4 Å². The molecule has 0 atom stereocenters. The molecule has 23 heavy (non-hydrogen) atoms. The van der Waals surface area contributed by atoms with Gasteiger partial charge in [-0.1, -0.05) is 6.92 Å². The smallest absolute Gasteiger partial charge is 0.223 e. The van der Waals surface area contributed by atoms with Crippen LogP contribution in [0.2, 0.25) is 0 Å². The molecule has 0 saturated heterocycles. The lowest BCUT2D eigenvalue weighted by molar-refractivity contribution is 0.811. The molecule has 0 amide bonds. The second kappa shape index (κ2) is 6.15. The Bertz CT molecular complexity index is 823. The monoisotopic (exact) mass is 312 g/mol. The second-order valence-corrected chi connectivity index (χ2v) is 5.50. The number of anilines is 2. The molecule has 0 aliphatic heterocycles. The Labute approximate surface area is 134 Å². The van der Waals surface area contributed by atoms with Crippen molar-refractivity contribution in [1.29, 1.82) is 0 Å². The average Bonchev–Trinajstić information content (AvgIpc) is 2.94. The van der Waals surface area contributed by atoms with Gasteiger partial charge in [-0.15, -0.1) is 15.3 Å². The number of hydrogen-bond acceptors (Lipinski definition) is 7. The molecule has 8 heteroatoms. The summed E-state index contributed by atoms with van der Waals surface area (Å²) in [4.78, 5) is 10.8. The topological polar surface area (TPSA) is 84.1 Å². The van der Waals surface area contributed by atoms with Gasteiger partial charge in [0.05, 0.1) is 6.54 Å². The normalized spacial score (nSPS) is 11.0. The lowest BCUT2D eigenvalue weighted by Gasteiger charge is -2.11. The van der Waals surface area contributed by atoms with E-state index in [1.807, 2.05) is 44.1 Å². The third-order valence-corrected chi connectivity index (χ3v) is 3.45. The van der Waals surface area contributed by atoms with Gasteiger partial charge in [0, 0.05) is 25.5 Å². The van der Waals surface area contributed by atoms with Gasteiger partial charge >= 0.3 is 0 Å². The fourth-order valence-corrected chi connectivity index (χ4v) is 2.22. The summed E-state index contributed by atoms with van der Waals surface area (Å²) >= 11 is 0. The Morgan fingerprint density at radius 1 is 1.17 bits per heavy atom. The molecule has 0 aliphatic rings. The summed E-state index contributed by atoms with van der Waals surface area (Å²) in [6.45, 7) is 4.49. The van der Waals surface area contributed by atoms with E-state index in [9.17, 15) is 0 Å². The summed E-state index contributed by atoms with van der Waals surface area (Å²) in [6, 6.07) is 5.80. The molecule has 0 unspecified atom stereocenters. The van der Waals surface area contributed by atoms with Crippen LogP contribution in [0.15, 0.2) is 18.2 Å². The molecule has 3 aromatic heterocycles. The summed E-state index contributed by atoms with van der Waals surface area (Å²) in [5.74, 6) is 2.16. The molecule has 8 nitrogen and oxygen atoms in total. The van der Waals surface area contributed by atoms with Crippen molar-refractivity contribution < 1.29 is 0 Å². The number of aromatic nitrogens is 6. The van der Waals surface area contributed by atoms with Crippen molar-refractivity contribution in [2.45, 2.75) is 26.8 Å². The minimum Gasteiger partial charge on any atom is -0.361 e. The van der Waals surface area contributed by atoms with E-state index in [-0.39, 0.29) is 0 Å². The first-order valence-electron chi connectivity index (χ1n) is 7.54. The van der Waals surface area contributed by atoms with E-state index in [1.165, 1.54) is 0 Å². The van der Waals surface area contributed by atoms with Gasteiger partial charge in [0.2, 0.25) is 5.95 Å². The van der Waals surface area contributed by atoms with Crippen LogP contribution in [0.5, 0.6) is 0 Å². The van der Waals surface area contributed by atoms with Crippen molar-refractivity contribution in [2.75, 3.05) is 24.3 Å². The third kappa shape index (κ3) is 3.20. The SMILES string of the molecule is CCc1cc(C)nc(NCc2nnc3ccc(N(C)C)nn23)n1. The van der Waals surface area contributed by atoms with Crippen molar-refractivity contribution in [2.24, 2.45) is 0 Å². The van der Waals surface area contributed by atoms with Crippen molar-refractivity contribution >= 4 is 17.4 Å². The van der Waals surface area contributed by atoms with Gasteiger partial charge in [0.1, 0.15) is 5.82 Å². The van der Waals surface area contributed by atoms with Crippen LogP contribution >= 0.6 is 0 Å². The molecule has 120 valence electrons. The van der Waals surface area contributed by atoms with Gasteiger partial charge in [-0.2, -0.15) is 4.52 Å². The zero-order chi connectivity index (χ0) is 16.4. The minimum atomic E-state index is 0.456. The molecular formula is C15H20N8. The van der Waals surface area contributed by atoms with Gasteiger partial charge in [0.15, 0.2) is 11.5 Å². The Kier molecular flexibility index (Phi) is 4.05. The van der Waals surface area contributed by atoms with Gasteiger partial charge in [-0.05, 0) is 31.5 Å². The molecule has 3 rings (SSSR count). The van der Waals surface area contributed by atoms with Crippen LogP contribution in [0.3, 0.4) is 0 Å². The molecule has 0 aliphatic carbocycles. The minimum absolute atomic E-state index is 0.456. The fourth-order valence-electron chi connectivity index (χ4n) is 2.22. The first kappa shape index (κ1) is 15.1. The average molecular weight is 312 g/mol. The molecule has 3 heterocycles. The zero-order valence-electron chi connectivity index (χ0n) is 13.8. The van der Waals surface area contributed by atoms with Gasteiger partial charge < -0.3 is 10.2 Å². The summed E-state index contributed by atoms with van der Waals surface area (Å²) in [6.07, 6.45) is 0.875. The Morgan fingerprint density at radius 3 is 2.74 bits per heavy atom. The lowest BCUT2D eigenvalue weighted by atomic mass is 10.3. The summed E-state index contributed by atoms with van der Waals surface area (Å²) in [5, 5.41) is 16.1. The largest absolute Gasteiger partial charge is 0.361 e. The number of nitrogens with one attached hydrogen (secondary N) is 1. The van der Waals surface area contributed by atoms with Crippen LogP contribution < -0.4 is 10.2 Å². The maximum absolute atomic E-state index is 4.54. The van der Waals surface area contributed by atoms with E-state index < -0.39 is 0 Å². The number of rotatable bonds is 5. The van der Waals surface area contributed by atoms with E-state index in [4.69, 9.17) is 0 Å². The standard InChI is InChI=1S/C15H20N8/c1-5-11-8-10(2)17-15(18-11)16-9-14-20-19-12-6-7-13(22(3)4)21-23(12)14/h6-8H,5,9H2,1-4H3,(H,16,17,18). The molecule has 0 fully saturated rings. The number of fused-ring (bicyclic) bond motifs is 1. The molecular weight excluding hydrogens is 292 g/mol. The highest BCUT2D eigenvalue weighted by Crippen LogP contribution is 2.11. The fraction of sp³-hybridized carbons (Fsp3) is 0.400.